The summed E-state index contributed by atoms with van der Waals surface area (Å²) in [5.41, 5.74) is 5.53. The molecule has 0 fully saturated rings. The van der Waals surface area contributed by atoms with Crippen molar-refractivity contribution in [2.45, 2.75) is 19.1 Å². The second-order valence-corrected chi connectivity index (χ2v) is 2.72. The van der Waals surface area contributed by atoms with Gasteiger partial charge in [-0.05, 0) is 0 Å². The van der Waals surface area contributed by atoms with Gasteiger partial charge in [0.25, 0.3) is 0 Å². The molecule has 0 aliphatic carbocycles. The van der Waals surface area contributed by atoms with Gasteiger partial charge in [0.1, 0.15) is 12.7 Å². The Bertz CT molecular complexity index is 191. The lowest BCUT2D eigenvalue weighted by molar-refractivity contribution is -0.144. The van der Waals surface area contributed by atoms with Crippen LogP contribution in [0.3, 0.4) is 0 Å². The first-order valence-electron chi connectivity index (χ1n) is 3.87. The fraction of sp³-hybridized carbons (Fsp3) is 0.625. The minimum absolute atomic E-state index is 0.0291. The van der Waals surface area contributed by atoms with Gasteiger partial charge in [-0.2, -0.15) is 0 Å². The van der Waals surface area contributed by atoms with E-state index in [0.29, 0.717) is 6.61 Å². The smallest absolute Gasteiger partial charge is 0.302 e. The predicted molar refractivity (Wildman–Crippen MR) is 43.5 cm³/mol. The van der Waals surface area contributed by atoms with E-state index in [1.54, 1.807) is 0 Å². The number of rotatable bonds is 2. The van der Waals surface area contributed by atoms with Crippen molar-refractivity contribution in [1.29, 1.82) is 0 Å². The number of nitrogens with two attached hydrogens (primary N) is 1. The van der Waals surface area contributed by atoms with Crippen LogP contribution in [-0.2, 0) is 14.3 Å². The zero-order valence-electron chi connectivity index (χ0n) is 7.03. The average molecular weight is 171 g/mol. The van der Waals surface area contributed by atoms with Gasteiger partial charge in [0, 0.05) is 13.0 Å². The SMILES string of the molecule is CC(=O)OC[C@@H]1C=C[C@@H](N)CO1. The molecule has 0 spiro atoms. The first kappa shape index (κ1) is 9.22. The maximum Gasteiger partial charge on any atom is 0.302 e. The van der Waals surface area contributed by atoms with Gasteiger partial charge in [-0.1, -0.05) is 12.2 Å². The highest BCUT2D eigenvalue weighted by Crippen LogP contribution is 2.04. The summed E-state index contributed by atoms with van der Waals surface area (Å²) in [5.74, 6) is -0.290. The third kappa shape index (κ3) is 3.02. The summed E-state index contributed by atoms with van der Waals surface area (Å²) >= 11 is 0. The molecule has 0 saturated carbocycles. The van der Waals surface area contributed by atoms with Crippen LogP contribution >= 0.6 is 0 Å². The first-order valence-corrected chi connectivity index (χ1v) is 3.87. The second-order valence-electron chi connectivity index (χ2n) is 2.72. The molecular weight excluding hydrogens is 158 g/mol. The Morgan fingerprint density at radius 1 is 1.75 bits per heavy atom. The zero-order valence-corrected chi connectivity index (χ0v) is 7.03. The van der Waals surface area contributed by atoms with Crippen LogP contribution in [0, 0.1) is 0 Å². The summed E-state index contributed by atoms with van der Waals surface area (Å²) in [4.78, 5) is 10.4. The molecule has 1 heterocycles. The quantitative estimate of drug-likeness (QED) is 0.463. The maximum absolute atomic E-state index is 10.4. The van der Waals surface area contributed by atoms with E-state index in [-0.39, 0.29) is 24.7 Å². The molecule has 0 amide bonds. The van der Waals surface area contributed by atoms with E-state index in [1.807, 2.05) is 12.2 Å². The summed E-state index contributed by atoms with van der Waals surface area (Å²) in [5, 5.41) is 0. The first-order chi connectivity index (χ1) is 5.68. The van der Waals surface area contributed by atoms with E-state index >= 15 is 0 Å². The summed E-state index contributed by atoms with van der Waals surface area (Å²) in [6.45, 7) is 2.14. The van der Waals surface area contributed by atoms with Crippen molar-refractivity contribution in [3.8, 4) is 0 Å². The molecule has 0 aromatic rings. The average Bonchev–Trinajstić information content (AvgIpc) is 2.03. The largest absolute Gasteiger partial charge is 0.463 e. The number of carbonyl (C=O) groups excluding carboxylic acids is 1. The molecule has 12 heavy (non-hydrogen) atoms. The Morgan fingerprint density at radius 2 is 2.50 bits per heavy atom. The van der Waals surface area contributed by atoms with Gasteiger partial charge in [0.15, 0.2) is 0 Å². The van der Waals surface area contributed by atoms with Crippen LogP contribution in [0.2, 0.25) is 0 Å². The predicted octanol–water partition coefficient (Wildman–Crippen LogP) is -0.168. The van der Waals surface area contributed by atoms with Gasteiger partial charge < -0.3 is 15.2 Å². The highest BCUT2D eigenvalue weighted by molar-refractivity contribution is 5.65. The van der Waals surface area contributed by atoms with Gasteiger partial charge >= 0.3 is 5.97 Å². The van der Waals surface area contributed by atoms with Crippen LogP contribution in [-0.4, -0.2) is 31.3 Å². The molecule has 0 aromatic heterocycles. The van der Waals surface area contributed by atoms with Crippen molar-refractivity contribution >= 4 is 5.97 Å². The summed E-state index contributed by atoms with van der Waals surface area (Å²) in [7, 11) is 0. The molecule has 1 aliphatic heterocycles. The highest BCUT2D eigenvalue weighted by atomic mass is 16.6. The van der Waals surface area contributed by atoms with Gasteiger partial charge in [0.05, 0.1) is 6.61 Å². The summed E-state index contributed by atoms with van der Waals surface area (Å²) in [6, 6.07) is -0.0291. The van der Waals surface area contributed by atoms with Gasteiger partial charge in [-0.3, -0.25) is 4.79 Å². The highest BCUT2D eigenvalue weighted by Gasteiger charge is 2.13. The van der Waals surface area contributed by atoms with Crippen LogP contribution in [0.1, 0.15) is 6.92 Å². The van der Waals surface area contributed by atoms with E-state index in [2.05, 4.69) is 0 Å². The van der Waals surface area contributed by atoms with Gasteiger partial charge in [-0.25, -0.2) is 0 Å². The Morgan fingerprint density at radius 3 is 3.00 bits per heavy atom. The molecule has 68 valence electrons. The molecule has 0 unspecified atom stereocenters. The molecule has 0 bridgehead atoms. The van der Waals surface area contributed by atoms with Crippen LogP contribution in [0.25, 0.3) is 0 Å². The van der Waals surface area contributed by atoms with Gasteiger partial charge in [0.2, 0.25) is 0 Å². The summed E-state index contributed by atoms with van der Waals surface area (Å²) < 4.78 is 10.0. The van der Waals surface area contributed by atoms with Crippen LogP contribution < -0.4 is 5.73 Å². The van der Waals surface area contributed by atoms with Crippen molar-refractivity contribution < 1.29 is 14.3 Å². The van der Waals surface area contributed by atoms with Crippen LogP contribution in [0.15, 0.2) is 12.2 Å². The maximum atomic E-state index is 10.4. The second kappa shape index (κ2) is 4.23. The Labute approximate surface area is 71.3 Å². The number of esters is 1. The third-order valence-electron chi connectivity index (χ3n) is 1.53. The number of carbonyl (C=O) groups is 1. The van der Waals surface area contributed by atoms with Crippen molar-refractivity contribution in [1.82, 2.24) is 0 Å². The molecule has 2 N–H and O–H groups in total. The zero-order chi connectivity index (χ0) is 8.97. The van der Waals surface area contributed by atoms with E-state index in [9.17, 15) is 4.79 Å². The van der Waals surface area contributed by atoms with Crippen molar-refractivity contribution in [3.63, 3.8) is 0 Å². The lowest BCUT2D eigenvalue weighted by atomic mass is 10.2. The fourth-order valence-electron chi connectivity index (χ4n) is 0.916. The lowest BCUT2D eigenvalue weighted by Gasteiger charge is -2.20. The molecule has 2 atom stereocenters. The standard InChI is InChI=1S/C8H13NO3/c1-6(10)11-5-8-3-2-7(9)4-12-8/h2-3,7-8H,4-5,9H2,1H3/t7-,8+/m1/s1. The molecule has 0 saturated heterocycles. The van der Waals surface area contributed by atoms with Crippen molar-refractivity contribution in [2.24, 2.45) is 5.73 Å². The number of hydrogen-bond donors (Lipinski definition) is 1. The molecule has 1 aliphatic rings. The Balaban J connectivity index is 2.26. The number of hydrogen-bond acceptors (Lipinski definition) is 4. The van der Waals surface area contributed by atoms with Crippen molar-refractivity contribution in [3.05, 3.63) is 12.2 Å². The fourth-order valence-corrected chi connectivity index (χ4v) is 0.916. The molecule has 1 rings (SSSR count). The van der Waals surface area contributed by atoms with Crippen LogP contribution in [0.4, 0.5) is 0 Å². The minimum atomic E-state index is -0.290. The van der Waals surface area contributed by atoms with Gasteiger partial charge in [-0.15, -0.1) is 0 Å². The molecule has 4 nitrogen and oxygen atoms in total. The molecule has 4 heteroatoms. The molecule has 0 radical (unpaired) electrons. The summed E-state index contributed by atoms with van der Waals surface area (Å²) in [6.07, 6.45) is 3.54. The van der Waals surface area contributed by atoms with E-state index in [4.69, 9.17) is 15.2 Å². The molecule has 0 aromatic carbocycles. The Hall–Kier alpha value is -0.870. The van der Waals surface area contributed by atoms with Crippen LogP contribution in [0.5, 0.6) is 0 Å². The lowest BCUT2D eigenvalue weighted by Crippen LogP contribution is -2.33. The van der Waals surface area contributed by atoms with E-state index in [0.717, 1.165) is 0 Å². The monoisotopic (exact) mass is 171 g/mol. The normalized spacial score (nSPS) is 28.5. The Kier molecular flexibility index (Phi) is 3.25. The van der Waals surface area contributed by atoms with E-state index in [1.165, 1.54) is 6.92 Å². The van der Waals surface area contributed by atoms with E-state index < -0.39 is 0 Å². The minimum Gasteiger partial charge on any atom is -0.463 e. The topological polar surface area (TPSA) is 61.5 Å². The van der Waals surface area contributed by atoms with Crippen molar-refractivity contribution in [2.75, 3.05) is 13.2 Å². The molecular formula is C8H13NO3. The third-order valence-corrected chi connectivity index (χ3v) is 1.53. The number of ether oxygens (including phenoxy) is 2.